The van der Waals surface area contributed by atoms with Gasteiger partial charge in [0, 0.05) is 0 Å². The number of para-hydroxylation sites is 1. The van der Waals surface area contributed by atoms with Crippen LogP contribution in [0.2, 0.25) is 0 Å². The molecule has 1 amide bonds. The molecule has 1 radical (unpaired) electrons. The highest BCUT2D eigenvalue weighted by Gasteiger charge is 2.01. The van der Waals surface area contributed by atoms with Crippen molar-refractivity contribution in [2.24, 2.45) is 5.73 Å². The molecule has 0 saturated heterocycles. The van der Waals surface area contributed by atoms with Crippen LogP contribution < -0.4 is 10.5 Å². The molecule has 0 aliphatic rings. The lowest BCUT2D eigenvalue weighted by Crippen LogP contribution is -2.20. The lowest BCUT2D eigenvalue weighted by Gasteiger charge is -2.07. The topological polar surface area (TPSA) is 52.3 Å². The molecular weight excluding hydrogens is 166 g/mol. The zero-order valence-electron chi connectivity index (χ0n) is 7.32. The Kier molecular flexibility index (Phi) is 3.31. The molecule has 2 N–H and O–H groups in total. The van der Waals surface area contributed by atoms with Gasteiger partial charge in [0.1, 0.15) is 5.75 Å². The number of nitrogens with two attached hydrogens (primary N) is 1. The third-order valence-electron chi connectivity index (χ3n) is 1.61. The van der Waals surface area contributed by atoms with Gasteiger partial charge in [-0.05, 0) is 25.0 Å². The molecule has 0 aliphatic heterocycles. The Morgan fingerprint density at radius 1 is 1.46 bits per heavy atom. The highest BCUT2D eigenvalue weighted by molar-refractivity contribution is 5.75. The molecule has 0 bridgehead atoms. The van der Waals surface area contributed by atoms with E-state index in [1.165, 1.54) is 0 Å². The fourth-order valence-electron chi connectivity index (χ4n) is 1.00. The van der Waals surface area contributed by atoms with E-state index >= 15 is 0 Å². The standard InChI is InChI=1S/C10H12NO2/c1-2-8-5-3-4-6-9(8)13-7-10(11)12/h3-6H,1-2,7H2,(H2,11,12). The van der Waals surface area contributed by atoms with Crippen LogP contribution >= 0.6 is 0 Å². The number of carbonyl (C=O) groups excluding carboxylic acids is 1. The zero-order valence-corrected chi connectivity index (χ0v) is 7.32. The first-order valence-electron chi connectivity index (χ1n) is 4.02. The molecule has 1 aromatic rings. The van der Waals surface area contributed by atoms with Crippen LogP contribution in [-0.4, -0.2) is 12.5 Å². The van der Waals surface area contributed by atoms with Gasteiger partial charge in [0.15, 0.2) is 6.61 Å². The van der Waals surface area contributed by atoms with Gasteiger partial charge in [-0.1, -0.05) is 18.2 Å². The minimum atomic E-state index is -0.473. The fourth-order valence-corrected chi connectivity index (χ4v) is 1.00. The highest BCUT2D eigenvalue weighted by Crippen LogP contribution is 2.17. The van der Waals surface area contributed by atoms with Crippen LogP contribution in [0.1, 0.15) is 5.56 Å². The van der Waals surface area contributed by atoms with Crippen molar-refractivity contribution < 1.29 is 9.53 Å². The van der Waals surface area contributed by atoms with Crippen molar-refractivity contribution in [3.63, 3.8) is 0 Å². The van der Waals surface area contributed by atoms with Gasteiger partial charge >= 0.3 is 0 Å². The molecule has 3 nitrogen and oxygen atoms in total. The molecule has 0 aromatic heterocycles. The van der Waals surface area contributed by atoms with Crippen LogP contribution in [0.5, 0.6) is 5.75 Å². The van der Waals surface area contributed by atoms with Gasteiger partial charge in [0.05, 0.1) is 0 Å². The summed E-state index contributed by atoms with van der Waals surface area (Å²) in [6.45, 7) is 3.66. The molecule has 13 heavy (non-hydrogen) atoms. The Bertz CT molecular complexity index is 297. The molecule has 0 fully saturated rings. The van der Waals surface area contributed by atoms with Crippen LogP contribution in [-0.2, 0) is 11.2 Å². The second-order valence-corrected chi connectivity index (χ2v) is 2.61. The number of hydrogen-bond acceptors (Lipinski definition) is 2. The minimum Gasteiger partial charge on any atom is -0.484 e. The Hall–Kier alpha value is -1.51. The fraction of sp³-hybridized carbons (Fsp3) is 0.200. The molecule has 1 rings (SSSR count). The molecule has 0 spiro atoms. The molecule has 0 saturated carbocycles. The summed E-state index contributed by atoms with van der Waals surface area (Å²) in [7, 11) is 0. The third kappa shape index (κ3) is 2.78. The predicted molar refractivity (Wildman–Crippen MR) is 50.2 cm³/mol. The van der Waals surface area contributed by atoms with E-state index in [1.807, 2.05) is 18.2 Å². The summed E-state index contributed by atoms with van der Waals surface area (Å²) in [5.74, 6) is 0.204. The van der Waals surface area contributed by atoms with Gasteiger partial charge in [-0.3, -0.25) is 4.79 Å². The van der Waals surface area contributed by atoms with Crippen LogP contribution in [0, 0.1) is 6.92 Å². The molecule has 0 aliphatic carbocycles. The average Bonchev–Trinajstić information content (AvgIpc) is 2.15. The maximum atomic E-state index is 10.5. The van der Waals surface area contributed by atoms with Crippen molar-refractivity contribution in [1.82, 2.24) is 0 Å². The molecular formula is C10H12NO2. The van der Waals surface area contributed by atoms with Crippen molar-refractivity contribution in [2.75, 3.05) is 6.61 Å². The van der Waals surface area contributed by atoms with Crippen molar-refractivity contribution >= 4 is 5.91 Å². The van der Waals surface area contributed by atoms with Crippen molar-refractivity contribution in [3.05, 3.63) is 36.8 Å². The molecule has 0 atom stereocenters. The first kappa shape index (κ1) is 9.58. The van der Waals surface area contributed by atoms with E-state index in [4.69, 9.17) is 10.5 Å². The monoisotopic (exact) mass is 178 g/mol. The normalized spacial score (nSPS) is 9.62. The van der Waals surface area contributed by atoms with Gasteiger partial charge < -0.3 is 10.5 Å². The maximum absolute atomic E-state index is 10.5. The number of primary amides is 1. The van der Waals surface area contributed by atoms with E-state index in [0.29, 0.717) is 12.2 Å². The van der Waals surface area contributed by atoms with E-state index in [-0.39, 0.29) is 6.61 Å². The summed E-state index contributed by atoms with van der Waals surface area (Å²) in [6.07, 6.45) is 0.634. The first-order valence-corrected chi connectivity index (χ1v) is 4.02. The van der Waals surface area contributed by atoms with Crippen LogP contribution in [0.15, 0.2) is 24.3 Å². The van der Waals surface area contributed by atoms with E-state index in [0.717, 1.165) is 5.56 Å². The lowest BCUT2D eigenvalue weighted by atomic mass is 10.1. The minimum absolute atomic E-state index is 0.0863. The Labute approximate surface area is 77.5 Å². The van der Waals surface area contributed by atoms with Crippen LogP contribution in [0.4, 0.5) is 0 Å². The Balaban J connectivity index is 2.69. The molecule has 69 valence electrons. The highest BCUT2D eigenvalue weighted by atomic mass is 16.5. The molecule has 1 aromatic carbocycles. The van der Waals surface area contributed by atoms with E-state index in [1.54, 1.807) is 6.07 Å². The third-order valence-corrected chi connectivity index (χ3v) is 1.61. The summed E-state index contributed by atoms with van der Waals surface area (Å²) >= 11 is 0. The predicted octanol–water partition coefficient (Wildman–Crippen LogP) is 0.927. The van der Waals surface area contributed by atoms with Gasteiger partial charge in [-0.15, -0.1) is 0 Å². The Morgan fingerprint density at radius 3 is 2.77 bits per heavy atom. The number of ether oxygens (including phenoxy) is 1. The second-order valence-electron chi connectivity index (χ2n) is 2.61. The van der Waals surface area contributed by atoms with Crippen LogP contribution in [0.25, 0.3) is 0 Å². The number of amides is 1. The summed E-state index contributed by atoms with van der Waals surface area (Å²) in [6, 6.07) is 7.44. The number of benzene rings is 1. The second kappa shape index (κ2) is 4.50. The zero-order chi connectivity index (χ0) is 9.68. The van der Waals surface area contributed by atoms with Gasteiger partial charge in [-0.25, -0.2) is 0 Å². The van der Waals surface area contributed by atoms with Crippen LogP contribution in [0.3, 0.4) is 0 Å². The average molecular weight is 178 g/mol. The van der Waals surface area contributed by atoms with E-state index in [2.05, 4.69) is 6.92 Å². The SMILES string of the molecule is [CH2]Cc1ccccc1OCC(N)=O. The first-order chi connectivity index (χ1) is 6.24. The Morgan fingerprint density at radius 2 is 2.15 bits per heavy atom. The van der Waals surface area contributed by atoms with Crippen molar-refractivity contribution in [3.8, 4) is 5.75 Å². The van der Waals surface area contributed by atoms with Gasteiger partial charge in [0.2, 0.25) is 0 Å². The van der Waals surface area contributed by atoms with Crippen molar-refractivity contribution in [2.45, 2.75) is 6.42 Å². The quantitative estimate of drug-likeness (QED) is 0.745. The summed E-state index contributed by atoms with van der Waals surface area (Å²) in [5, 5.41) is 0. The van der Waals surface area contributed by atoms with E-state index < -0.39 is 5.91 Å². The van der Waals surface area contributed by atoms with E-state index in [9.17, 15) is 4.79 Å². The lowest BCUT2D eigenvalue weighted by molar-refractivity contribution is -0.119. The summed E-state index contributed by atoms with van der Waals surface area (Å²) in [5.41, 5.74) is 5.93. The summed E-state index contributed by atoms with van der Waals surface area (Å²) in [4.78, 5) is 10.5. The van der Waals surface area contributed by atoms with Gasteiger partial charge in [-0.2, -0.15) is 0 Å². The number of rotatable bonds is 4. The molecule has 0 heterocycles. The number of hydrogen-bond donors (Lipinski definition) is 1. The number of carbonyl (C=O) groups is 1. The largest absolute Gasteiger partial charge is 0.484 e. The molecule has 3 heteroatoms. The smallest absolute Gasteiger partial charge is 0.255 e. The maximum Gasteiger partial charge on any atom is 0.255 e. The van der Waals surface area contributed by atoms with Crippen molar-refractivity contribution in [1.29, 1.82) is 0 Å². The summed E-state index contributed by atoms with van der Waals surface area (Å²) < 4.78 is 5.17. The van der Waals surface area contributed by atoms with Gasteiger partial charge in [0.25, 0.3) is 5.91 Å². The molecule has 0 unspecified atom stereocenters.